The molecule has 1 rings (SSSR count). The van der Waals surface area contributed by atoms with E-state index in [-0.39, 0.29) is 23.5 Å². The quantitative estimate of drug-likeness (QED) is 0.773. The zero-order valence-electron chi connectivity index (χ0n) is 11.8. The van der Waals surface area contributed by atoms with Gasteiger partial charge in [0.15, 0.2) is 5.78 Å². The lowest BCUT2D eigenvalue weighted by atomic mass is 9.91. The summed E-state index contributed by atoms with van der Waals surface area (Å²) in [6.07, 6.45) is 0.676. The number of rotatable bonds is 6. The van der Waals surface area contributed by atoms with E-state index in [9.17, 15) is 9.59 Å². The van der Waals surface area contributed by atoms with Gasteiger partial charge in [0.05, 0.1) is 0 Å². The Morgan fingerprint density at radius 3 is 2.21 bits per heavy atom. The van der Waals surface area contributed by atoms with Crippen LogP contribution in [-0.4, -0.2) is 18.2 Å². The van der Waals surface area contributed by atoms with E-state index in [0.29, 0.717) is 24.2 Å². The second kappa shape index (κ2) is 7.04. The molecule has 0 saturated heterocycles. The molecular weight excluding hydrogens is 240 g/mol. The summed E-state index contributed by atoms with van der Waals surface area (Å²) < 4.78 is 0. The Balaban J connectivity index is 2.72. The number of anilines is 1. The molecule has 0 spiro atoms. The number of carbonyl (C=O) groups is 2. The molecule has 4 heteroatoms. The molecule has 1 amide bonds. The van der Waals surface area contributed by atoms with Gasteiger partial charge in [-0.3, -0.25) is 9.59 Å². The van der Waals surface area contributed by atoms with Crippen LogP contribution >= 0.6 is 0 Å². The number of hydrogen-bond acceptors (Lipinski definition) is 3. The molecule has 19 heavy (non-hydrogen) atoms. The third kappa shape index (κ3) is 4.48. The van der Waals surface area contributed by atoms with E-state index in [4.69, 9.17) is 5.73 Å². The maximum Gasteiger partial charge on any atom is 0.227 e. The van der Waals surface area contributed by atoms with Crippen LogP contribution in [0.4, 0.5) is 5.69 Å². The molecule has 0 bridgehead atoms. The van der Waals surface area contributed by atoms with Crippen molar-refractivity contribution < 1.29 is 9.59 Å². The number of hydrogen-bond donors (Lipinski definition) is 2. The third-order valence-corrected chi connectivity index (χ3v) is 3.18. The number of ketones is 1. The molecule has 1 atom stereocenters. The highest BCUT2D eigenvalue weighted by molar-refractivity contribution is 5.96. The second-order valence-corrected chi connectivity index (χ2v) is 5.05. The fourth-order valence-electron chi connectivity index (χ4n) is 1.97. The van der Waals surface area contributed by atoms with Crippen LogP contribution in [0.1, 0.15) is 37.6 Å². The lowest BCUT2D eigenvalue weighted by molar-refractivity contribution is -0.121. The van der Waals surface area contributed by atoms with Crippen LogP contribution in [0.5, 0.6) is 0 Å². The molecule has 1 aromatic rings. The average Bonchev–Trinajstić information content (AvgIpc) is 2.36. The van der Waals surface area contributed by atoms with E-state index in [1.807, 2.05) is 13.8 Å². The van der Waals surface area contributed by atoms with Crippen molar-refractivity contribution in [2.75, 3.05) is 11.9 Å². The predicted octanol–water partition coefficient (Wildman–Crippen LogP) is 2.45. The first-order valence-electron chi connectivity index (χ1n) is 6.57. The van der Waals surface area contributed by atoms with Crippen LogP contribution < -0.4 is 11.1 Å². The van der Waals surface area contributed by atoms with E-state index in [0.717, 1.165) is 0 Å². The fraction of sp³-hybridized carbons (Fsp3) is 0.467. The summed E-state index contributed by atoms with van der Waals surface area (Å²) in [5.74, 6) is 0.162. The Kier molecular flexibility index (Phi) is 5.70. The van der Waals surface area contributed by atoms with E-state index in [1.54, 1.807) is 24.3 Å². The Labute approximate surface area is 114 Å². The van der Waals surface area contributed by atoms with Crippen molar-refractivity contribution in [1.82, 2.24) is 0 Å². The van der Waals surface area contributed by atoms with Crippen LogP contribution in [0.15, 0.2) is 24.3 Å². The number of benzene rings is 1. The summed E-state index contributed by atoms with van der Waals surface area (Å²) in [6, 6.07) is 6.92. The number of amides is 1. The van der Waals surface area contributed by atoms with Gasteiger partial charge in [-0.1, -0.05) is 13.8 Å². The zero-order valence-corrected chi connectivity index (χ0v) is 11.8. The van der Waals surface area contributed by atoms with Gasteiger partial charge in [0.25, 0.3) is 0 Å². The van der Waals surface area contributed by atoms with Crippen molar-refractivity contribution >= 4 is 17.4 Å². The SMILES string of the molecule is CC(=O)c1ccc(NC(=O)C(CCN)C(C)C)cc1. The normalized spacial score (nSPS) is 12.3. The van der Waals surface area contributed by atoms with Crippen LogP contribution in [0.25, 0.3) is 0 Å². The topological polar surface area (TPSA) is 72.2 Å². The maximum atomic E-state index is 12.1. The summed E-state index contributed by atoms with van der Waals surface area (Å²) in [4.78, 5) is 23.3. The van der Waals surface area contributed by atoms with Gasteiger partial charge in [0, 0.05) is 17.2 Å². The van der Waals surface area contributed by atoms with Crippen molar-refractivity contribution in [1.29, 1.82) is 0 Å². The number of nitrogens with one attached hydrogen (secondary N) is 1. The number of carbonyl (C=O) groups excluding carboxylic acids is 2. The minimum absolute atomic E-state index is 0.0149. The summed E-state index contributed by atoms with van der Waals surface area (Å²) in [7, 11) is 0. The molecule has 0 aromatic heterocycles. The van der Waals surface area contributed by atoms with E-state index in [2.05, 4.69) is 5.32 Å². The largest absolute Gasteiger partial charge is 0.330 e. The Bertz CT molecular complexity index is 438. The Morgan fingerprint density at radius 2 is 1.79 bits per heavy atom. The smallest absolute Gasteiger partial charge is 0.227 e. The van der Waals surface area contributed by atoms with Gasteiger partial charge in [0.1, 0.15) is 0 Å². The highest BCUT2D eigenvalue weighted by atomic mass is 16.2. The first kappa shape index (κ1) is 15.4. The molecule has 1 unspecified atom stereocenters. The van der Waals surface area contributed by atoms with Crippen molar-refractivity contribution in [2.24, 2.45) is 17.6 Å². The molecule has 0 fully saturated rings. The van der Waals surface area contributed by atoms with Crippen molar-refractivity contribution in [3.05, 3.63) is 29.8 Å². The minimum atomic E-state index is -0.0857. The first-order valence-corrected chi connectivity index (χ1v) is 6.57. The van der Waals surface area contributed by atoms with Gasteiger partial charge in [-0.25, -0.2) is 0 Å². The number of nitrogens with two attached hydrogens (primary N) is 1. The molecule has 0 saturated carbocycles. The summed E-state index contributed by atoms with van der Waals surface area (Å²) in [6.45, 7) is 6.04. The highest BCUT2D eigenvalue weighted by Crippen LogP contribution is 2.18. The molecule has 3 N–H and O–H groups in total. The first-order chi connectivity index (χ1) is 8.95. The monoisotopic (exact) mass is 262 g/mol. The van der Waals surface area contributed by atoms with Crippen LogP contribution in [0.3, 0.4) is 0 Å². The van der Waals surface area contributed by atoms with Gasteiger partial charge in [-0.15, -0.1) is 0 Å². The third-order valence-electron chi connectivity index (χ3n) is 3.18. The Hall–Kier alpha value is -1.68. The van der Waals surface area contributed by atoms with Crippen molar-refractivity contribution in [2.45, 2.75) is 27.2 Å². The van der Waals surface area contributed by atoms with Crippen LogP contribution in [0.2, 0.25) is 0 Å². The van der Waals surface area contributed by atoms with Gasteiger partial charge >= 0.3 is 0 Å². The standard InChI is InChI=1S/C15H22N2O2/c1-10(2)14(8-9-16)15(19)17-13-6-4-12(5-7-13)11(3)18/h4-7,10,14H,8-9,16H2,1-3H3,(H,17,19). The maximum absolute atomic E-state index is 12.1. The average molecular weight is 262 g/mol. The van der Waals surface area contributed by atoms with Crippen LogP contribution in [-0.2, 0) is 4.79 Å². The molecule has 0 aliphatic heterocycles. The summed E-state index contributed by atoms with van der Waals surface area (Å²) in [5.41, 5.74) is 6.88. The highest BCUT2D eigenvalue weighted by Gasteiger charge is 2.21. The van der Waals surface area contributed by atoms with Crippen molar-refractivity contribution in [3.8, 4) is 0 Å². The van der Waals surface area contributed by atoms with Gasteiger partial charge in [-0.2, -0.15) is 0 Å². The molecule has 1 aromatic carbocycles. The number of Topliss-reactive ketones (excluding diaryl/α,β-unsaturated/α-hetero) is 1. The van der Waals surface area contributed by atoms with Crippen LogP contribution in [0, 0.1) is 11.8 Å². The molecule has 0 aliphatic carbocycles. The molecule has 0 heterocycles. The van der Waals surface area contributed by atoms with Gasteiger partial charge in [0.2, 0.25) is 5.91 Å². The van der Waals surface area contributed by atoms with E-state index in [1.165, 1.54) is 6.92 Å². The molecule has 4 nitrogen and oxygen atoms in total. The lowest BCUT2D eigenvalue weighted by Gasteiger charge is -2.19. The minimum Gasteiger partial charge on any atom is -0.330 e. The summed E-state index contributed by atoms with van der Waals surface area (Å²) in [5, 5.41) is 2.87. The lowest BCUT2D eigenvalue weighted by Crippen LogP contribution is -2.29. The van der Waals surface area contributed by atoms with Gasteiger partial charge < -0.3 is 11.1 Å². The molecule has 0 aliphatic rings. The van der Waals surface area contributed by atoms with E-state index >= 15 is 0 Å². The zero-order chi connectivity index (χ0) is 14.4. The Morgan fingerprint density at radius 1 is 1.21 bits per heavy atom. The molecule has 104 valence electrons. The predicted molar refractivity (Wildman–Crippen MR) is 77.1 cm³/mol. The van der Waals surface area contributed by atoms with Crippen molar-refractivity contribution in [3.63, 3.8) is 0 Å². The summed E-state index contributed by atoms with van der Waals surface area (Å²) >= 11 is 0. The second-order valence-electron chi connectivity index (χ2n) is 5.05. The fourth-order valence-corrected chi connectivity index (χ4v) is 1.97. The molecule has 0 radical (unpaired) electrons. The van der Waals surface area contributed by atoms with E-state index < -0.39 is 0 Å². The van der Waals surface area contributed by atoms with Gasteiger partial charge in [-0.05, 0) is 50.1 Å². The molecular formula is C15H22N2O2.